The number of nitrogens with zero attached hydrogens (tertiary/aromatic N) is 6. The normalized spacial score (nSPS) is 9.74. The lowest BCUT2D eigenvalue weighted by atomic mass is 10.3. The molecule has 0 bridgehead atoms. The minimum absolute atomic E-state index is 0.0145. The van der Waals surface area contributed by atoms with Crippen LogP contribution in [0, 0.1) is 0 Å². The average Bonchev–Trinajstić information content (AvgIpc) is 2.57. The summed E-state index contributed by atoms with van der Waals surface area (Å²) in [6.07, 6.45) is 0. The second-order valence-electron chi connectivity index (χ2n) is 4.45. The summed E-state index contributed by atoms with van der Waals surface area (Å²) in [5.74, 6) is 0.554. The predicted molar refractivity (Wildman–Crippen MR) is 88.1 cm³/mol. The molecule has 112 valence electrons. The van der Waals surface area contributed by atoms with Crippen molar-refractivity contribution in [2.75, 3.05) is 10.6 Å². The molecule has 0 aliphatic carbocycles. The van der Waals surface area contributed by atoms with E-state index in [0.717, 1.165) is 11.4 Å². The molecule has 0 saturated carbocycles. The van der Waals surface area contributed by atoms with Crippen LogP contribution in [0.3, 0.4) is 0 Å². The van der Waals surface area contributed by atoms with Gasteiger partial charge in [-0.05, 0) is 34.9 Å². The molecule has 0 aliphatic rings. The number of anilines is 4. The molecule has 8 heteroatoms. The van der Waals surface area contributed by atoms with Gasteiger partial charge in [-0.15, -0.1) is 0 Å². The van der Waals surface area contributed by atoms with Gasteiger partial charge < -0.3 is 10.6 Å². The van der Waals surface area contributed by atoms with Crippen LogP contribution in [0.1, 0.15) is 0 Å². The molecule has 3 aromatic rings. The van der Waals surface area contributed by atoms with Gasteiger partial charge in [0.05, 0.1) is 0 Å². The second-order valence-corrected chi connectivity index (χ2v) is 4.45. The van der Waals surface area contributed by atoms with Crippen molar-refractivity contribution < 1.29 is 0 Å². The second kappa shape index (κ2) is 6.88. The number of azide groups is 1. The summed E-state index contributed by atoms with van der Waals surface area (Å²) in [4.78, 5) is 15.1. The largest absolute Gasteiger partial charge is 0.324 e. The zero-order valence-corrected chi connectivity index (χ0v) is 12.0. The Hall–Kier alpha value is -3.64. The van der Waals surface area contributed by atoms with Crippen LogP contribution < -0.4 is 10.6 Å². The summed E-state index contributed by atoms with van der Waals surface area (Å²) in [5.41, 5.74) is 10.2. The van der Waals surface area contributed by atoms with Crippen LogP contribution in [0.4, 0.5) is 29.2 Å². The van der Waals surface area contributed by atoms with Crippen LogP contribution in [-0.4, -0.2) is 15.0 Å². The molecular formula is C15H12N8. The van der Waals surface area contributed by atoms with Crippen LogP contribution >= 0.6 is 0 Å². The fraction of sp³-hybridized carbons (Fsp3) is 0. The highest BCUT2D eigenvalue weighted by molar-refractivity contribution is 5.58. The van der Waals surface area contributed by atoms with E-state index >= 15 is 0 Å². The monoisotopic (exact) mass is 304 g/mol. The van der Waals surface area contributed by atoms with Gasteiger partial charge in [0, 0.05) is 16.3 Å². The number of aromatic nitrogens is 3. The van der Waals surface area contributed by atoms with Gasteiger partial charge in [0.2, 0.25) is 17.8 Å². The highest BCUT2D eigenvalue weighted by Gasteiger charge is 2.06. The molecule has 8 nitrogen and oxygen atoms in total. The molecule has 0 aliphatic heterocycles. The Labute approximate surface area is 131 Å². The van der Waals surface area contributed by atoms with Gasteiger partial charge in [-0.2, -0.15) is 15.0 Å². The Balaban J connectivity index is 1.91. The quantitative estimate of drug-likeness (QED) is 0.414. The molecule has 0 amide bonds. The standard InChI is InChI=1S/C15H12N8/c16-23-22-15-20-13(17-11-7-3-1-4-8-11)19-14(21-15)18-12-9-5-2-6-10-12/h1-10H,(H2,17,18,19,20,21). The number of nitrogens with one attached hydrogen (secondary N) is 2. The van der Waals surface area contributed by atoms with Crippen LogP contribution in [-0.2, 0) is 0 Å². The van der Waals surface area contributed by atoms with Crippen molar-refractivity contribution in [1.82, 2.24) is 15.0 Å². The van der Waals surface area contributed by atoms with Gasteiger partial charge in [0.15, 0.2) is 0 Å². The summed E-state index contributed by atoms with van der Waals surface area (Å²) < 4.78 is 0. The van der Waals surface area contributed by atoms with E-state index in [1.807, 2.05) is 60.7 Å². The zero-order chi connectivity index (χ0) is 15.9. The molecule has 0 atom stereocenters. The molecule has 1 heterocycles. The molecule has 2 aromatic carbocycles. The zero-order valence-electron chi connectivity index (χ0n) is 12.0. The topological polar surface area (TPSA) is 111 Å². The number of hydrogen-bond donors (Lipinski definition) is 2. The fourth-order valence-corrected chi connectivity index (χ4v) is 1.86. The average molecular weight is 304 g/mol. The molecule has 3 rings (SSSR count). The van der Waals surface area contributed by atoms with Gasteiger partial charge >= 0.3 is 0 Å². The van der Waals surface area contributed by atoms with E-state index in [4.69, 9.17) is 5.53 Å². The van der Waals surface area contributed by atoms with E-state index in [0.29, 0.717) is 0 Å². The summed E-state index contributed by atoms with van der Waals surface area (Å²) in [6, 6.07) is 18.9. The Morgan fingerprint density at radius 2 is 1.22 bits per heavy atom. The smallest absolute Gasteiger partial charge is 0.232 e. The molecule has 0 saturated heterocycles. The Morgan fingerprint density at radius 1 is 0.739 bits per heavy atom. The maximum absolute atomic E-state index is 8.60. The number of rotatable bonds is 5. The minimum atomic E-state index is -0.0145. The minimum Gasteiger partial charge on any atom is -0.324 e. The van der Waals surface area contributed by atoms with Crippen LogP contribution in [0.2, 0.25) is 0 Å². The van der Waals surface area contributed by atoms with E-state index in [1.165, 1.54) is 0 Å². The van der Waals surface area contributed by atoms with Crippen molar-refractivity contribution in [3.63, 3.8) is 0 Å². The van der Waals surface area contributed by atoms with Crippen molar-refractivity contribution in [3.05, 3.63) is 71.1 Å². The molecule has 1 aromatic heterocycles. The van der Waals surface area contributed by atoms with Crippen LogP contribution in [0.15, 0.2) is 65.8 Å². The van der Waals surface area contributed by atoms with E-state index in [1.54, 1.807) is 0 Å². The molecule has 0 spiro atoms. The van der Waals surface area contributed by atoms with Gasteiger partial charge in [-0.25, -0.2) is 0 Å². The first kappa shape index (κ1) is 14.3. The van der Waals surface area contributed by atoms with Crippen molar-refractivity contribution in [3.8, 4) is 0 Å². The van der Waals surface area contributed by atoms with Crippen molar-refractivity contribution in [2.24, 2.45) is 5.11 Å². The van der Waals surface area contributed by atoms with E-state index in [2.05, 4.69) is 35.6 Å². The molecule has 2 N–H and O–H groups in total. The van der Waals surface area contributed by atoms with E-state index in [-0.39, 0.29) is 17.8 Å². The van der Waals surface area contributed by atoms with Crippen LogP contribution in [0.5, 0.6) is 0 Å². The maximum Gasteiger partial charge on any atom is 0.232 e. The summed E-state index contributed by atoms with van der Waals surface area (Å²) in [5, 5.41) is 9.54. The number of para-hydroxylation sites is 2. The highest BCUT2D eigenvalue weighted by atomic mass is 15.3. The number of benzene rings is 2. The third kappa shape index (κ3) is 3.93. The summed E-state index contributed by atoms with van der Waals surface area (Å²) in [7, 11) is 0. The lowest BCUT2D eigenvalue weighted by Gasteiger charge is -2.08. The molecular weight excluding hydrogens is 292 g/mol. The van der Waals surface area contributed by atoms with Gasteiger partial charge in [-0.3, -0.25) is 0 Å². The molecule has 0 fully saturated rings. The van der Waals surface area contributed by atoms with Crippen molar-refractivity contribution in [2.45, 2.75) is 0 Å². The first-order valence-corrected chi connectivity index (χ1v) is 6.79. The van der Waals surface area contributed by atoms with Crippen molar-refractivity contribution >= 4 is 29.2 Å². The first-order valence-electron chi connectivity index (χ1n) is 6.79. The summed E-state index contributed by atoms with van der Waals surface area (Å²) >= 11 is 0. The van der Waals surface area contributed by atoms with E-state index in [9.17, 15) is 0 Å². The maximum atomic E-state index is 8.60. The first-order chi connectivity index (χ1) is 11.3. The Morgan fingerprint density at radius 3 is 1.65 bits per heavy atom. The van der Waals surface area contributed by atoms with Gasteiger partial charge in [0.25, 0.3) is 0 Å². The predicted octanol–water partition coefficient (Wildman–Crippen LogP) is 4.30. The lowest BCUT2D eigenvalue weighted by molar-refractivity contribution is 1.04. The van der Waals surface area contributed by atoms with Gasteiger partial charge in [-0.1, -0.05) is 36.4 Å². The number of hydrogen-bond acceptors (Lipinski definition) is 6. The third-order valence-electron chi connectivity index (χ3n) is 2.82. The third-order valence-corrected chi connectivity index (χ3v) is 2.82. The summed E-state index contributed by atoms with van der Waals surface area (Å²) in [6.45, 7) is 0. The SMILES string of the molecule is [N-]=[N+]=Nc1nc(Nc2ccccc2)nc(Nc2ccccc2)n1. The molecule has 0 radical (unpaired) electrons. The highest BCUT2D eigenvalue weighted by Crippen LogP contribution is 2.19. The fourth-order valence-electron chi connectivity index (χ4n) is 1.86. The van der Waals surface area contributed by atoms with Crippen molar-refractivity contribution in [1.29, 1.82) is 0 Å². The molecule has 0 unspecified atom stereocenters. The Bertz CT molecular complexity index is 769. The Kier molecular flexibility index (Phi) is 4.28. The molecule has 23 heavy (non-hydrogen) atoms. The van der Waals surface area contributed by atoms with Crippen LogP contribution in [0.25, 0.3) is 10.4 Å². The van der Waals surface area contributed by atoms with Gasteiger partial charge in [0.1, 0.15) is 0 Å². The van der Waals surface area contributed by atoms with E-state index < -0.39 is 0 Å². The lowest BCUT2D eigenvalue weighted by Crippen LogP contribution is -2.03.